The highest BCUT2D eigenvalue weighted by Crippen LogP contribution is 2.31. The number of ether oxygens (including phenoxy) is 1. The lowest BCUT2D eigenvalue weighted by Gasteiger charge is -1.96. The third-order valence-corrected chi connectivity index (χ3v) is 2.63. The van der Waals surface area contributed by atoms with Gasteiger partial charge in [-0.25, -0.2) is 4.79 Å². The van der Waals surface area contributed by atoms with E-state index >= 15 is 0 Å². The molecule has 1 atom stereocenters. The first-order valence-electron chi connectivity index (χ1n) is 2.90. The van der Waals surface area contributed by atoms with Crippen LogP contribution in [0.15, 0.2) is 10.6 Å². The average molecular weight is 225 g/mol. The summed E-state index contributed by atoms with van der Waals surface area (Å²) in [7, 11) is 0. The maximum absolute atomic E-state index is 10.8. The Morgan fingerprint density at radius 2 is 2.40 bits per heavy atom. The Labute approximate surface area is 72.3 Å². The minimum atomic E-state index is -0.420. The number of hydrogen-bond acceptors (Lipinski definition) is 2. The summed E-state index contributed by atoms with van der Waals surface area (Å²) in [4.78, 5) is 10.8. The summed E-state index contributed by atoms with van der Waals surface area (Å²) in [6.45, 7) is 1.87. The number of carbonyl (C=O) groups is 1. The van der Waals surface area contributed by atoms with Crippen LogP contribution in [0.3, 0.4) is 0 Å². The van der Waals surface area contributed by atoms with Gasteiger partial charge in [0.25, 0.3) is 0 Å². The second-order valence-corrected chi connectivity index (χ2v) is 3.14. The predicted molar refractivity (Wildman–Crippen MR) is 42.0 cm³/mol. The van der Waals surface area contributed by atoms with E-state index in [2.05, 4.69) is 15.9 Å². The molecule has 1 aliphatic heterocycles. The Hall–Kier alpha value is -0.0200. The second-order valence-electron chi connectivity index (χ2n) is 1.90. The van der Waals surface area contributed by atoms with Crippen molar-refractivity contribution in [1.29, 1.82) is 0 Å². The van der Waals surface area contributed by atoms with Crippen molar-refractivity contribution in [2.45, 2.75) is 18.4 Å². The number of hydrogen-bond donors (Lipinski definition) is 0. The van der Waals surface area contributed by atoms with Crippen molar-refractivity contribution in [1.82, 2.24) is 0 Å². The van der Waals surface area contributed by atoms with E-state index in [1.54, 1.807) is 0 Å². The van der Waals surface area contributed by atoms with Crippen molar-refractivity contribution >= 4 is 33.5 Å². The number of carbonyl (C=O) groups excluding carboxylic acids is 1. The highest BCUT2D eigenvalue weighted by atomic mass is 79.9. The van der Waals surface area contributed by atoms with Crippen molar-refractivity contribution in [3.05, 3.63) is 10.6 Å². The van der Waals surface area contributed by atoms with Crippen LogP contribution in [-0.2, 0) is 9.53 Å². The summed E-state index contributed by atoms with van der Waals surface area (Å²) < 4.78 is 4.75. The molecule has 1 rings (SSSR count). The standard InChI is InChI=1S/C6H6BrClO2/c1-2-3-4(8)5(7)10-6(3)9/h5H,2H2,1H3/t5-/m1/s1. The molecule has 0 aromatic carbocycles. The van der Waals surface area contributed by atoms with E-state index in [9.17, 15) is 4.79 Å². The van der Waals surface area contributed by atoms with Crippen molar-refractivity contribution in [2.75, 3.05) is 0 Å². The zero-order chi connectivity index (χ0) is 7.72. The summed E-state index contributed by atoms with van der Waals surface area (Å²) in [6.07, 6.45) is 0.625. The van der Waals surface area contributed by atoms with Crippen molar-refractivity contribution in [2.24, 2.45) is 0 Å². The van der Waals surface area contributed by atoms with Crippen LogP contribution in [0.2, 0.25) is 0 Å². The second kappa shape index (κ2) is 2.93. The minimum Gasteiger partial charge on any atom is -0.441 e. The van der Waals surface area contributed by atoms with Crippen LogP contribution in [0.5, 0.6) is 0 Å². The van der Waals surface area contributed by atoms with Gasteiger partial charge >= 0.3 is 5.97 Å². The van der Waals surface area contributed by atoms with E-state index < -0.39 is 5.01 Å². The van der Waals surface area contributed by atoms with Crippen molar-refractivity contribution < 1.29 is 9.53 Å². The fourth-order valence-electron chi connectivity index (χ4n) is 0.765. The van der Waals surface area contributed by atoms with Crippen LogP contribution in [-0.4, -0.2) is 11.0 Å². The van der Waals surface area contributed by atoms with E-state index in [4.69, 9.17) is 16.3 Å². The molecule has 0 spiro atoms. The van der Waals surface area contributed by atoms with Gasteiger partial charge in [0.1, 0.15) is 0 Å². The summed E-state index contributed by atoms with van der Waals surface area (Å²) in [5.41, 5.74) is 0.573. The number of alkyl halides is 1. The lowest BCUT2D eigenvalue weighted by molar-refractivity contribution is -0.136. The molecule has 4 heteroatoms. The van der Waals surface area contributed by atoms with Crippen LogP contribution in [0.4, 0.5) is 0 Å². The van der Waals surface area contributed by atoms with Gasteiger partial charge in [0.15, 0.2) is 5.01 Å². The first kappa shape index (κ1) is 8.08. The van der Waals surface area contributed by atoms with E-state index in [1.165, 1.54) is 0 Å². The van der Waals surface area contributed by atoms with Gasteiger partial charge in [-0.3, -0.25) is 0 Å². The van der Waals surface area contributed by atoms with E-state index in [0.29, 0.717) is 17.0 Å². The lowest BCUT2D eigenvalue weighted by Crippen LogP contribution is -2.01. The molecule has 1 aliphatic rings. The fraction of sp³-hybridized carbons (Fsp3) is 0.500. The molecular weight excluding hydrogens is 219 g/mol. The van der Waals surface area contributed by atoms with E-state index in [-0.39, 0.29) is 5.97 Å². The molecule has 10 heavy (non-hydrogen) atoms. The van der Waals surface area contributed by atoms with Crippen LogP contribution in [0.25, 0.3) is 0 Å². The molecule has 0 unspecified atom stereocenters. The summed E-state index contributed by atoms with van der Waals surface area (Å²) in [5, 5.41) is 0.0594. The van der Waals surface area contributed by atoms with Gasteiger partial charge < -0.3 is 4.74 Å². The normalized spacial score (nSPS) is 25.5. The van der Waals surface area contributed by atoms with Crippen molar-refractivity contribution in [3.63, 3.8) is 0 Å². The van der Waals surface area contributed by atoms with Gasteiger partial charge in [0.2, 0.25) is 0 Å². The molecule has 0 aromatic heterocycles. The highest BCUT2D eigenvalue weighted by Gasteiger charge is 2.29. The molecule has 0 bridgehead atoms. The first-order chi connectivity index (χ1) is 4.66. The quantitative estimate of drug-likeness (QED) is 0.505. The van der Waals surface area contributed by atoms with Gasteiger partial charge in [-0.15, -0.1) is 0 Å². The molecule has 2 nitrogen and oxygen atoms in total. The molecule has 56 valence electrons. The smallest absolute Gasteiger partial charge is 0.336 e. The molecule has 0 saturated carbocycles. The Morgan fingerprint density at radius 1 is 1.80 bits per heavy atom. The Bertz CT molecular complexity index is 200. The largest absolute Gasteiger partial charge is 0.441 e. The predicted octanol–water partition coefficient (Wildman–Crippen LogP) is 2.17. The van der Waals surface area contributed by atoms with Gasteiger partial charge in [-0.05, 0) is 22.4 Å². The number of halogens is 2. The monoisotopic (exact) mass is 224 g/mol. The molecular formula is C6H6BrClO2. The Morgan fingerprint density at radius 3 is 2.60 bits per heavy atom. The molecule has 0 aromatic rings. The molecule has 1 heterocycles. The van der Waals surface area contributed by atoms with Gasteiger partial charge in [0, 0.05) is 0 Å². The number of esters is 1. The van der Waals surface area contributed by atoms with Crippen LogP contribution in [0.1, 0.15) is 13.3 Å². The third kappa shape index (κ3) is 1.20. The maximum Gasteiger partial charge on any atom is 0.336 e. The molecule has 0 aliphatic carbocycles. The van der Waals surface area contributed by atoms with Crippen LogP contribution >= 0.6 is 27.5 Å². The molecule has 0 amide bonds. The SMILES string of the molecule is CCC1=C(Cl)[C@H](Br)OC1=O. The minimum absolute atomic E-state index is 0.311. The Kier molecular flexibility index (Phi) is 2.36. The van der Waals surface area contributed by atoms with Crippen molar-refractivity contribution in [3.8, 4) is 0 Å². The van der Waals surface area contributed by atoms with Crippen LogP contribution in [0, 0.1) is 0 Å². The number of rotatable bonds is 1. The lowest BCUT2D eigenvalue weighted by atomic mass is 10.2. The molecule has 0 fully saturated rings. The van der Waals surface area contributed by atoms with Crippen LogP contribution < -0.4 is 0 Å². The van der Waals surface area contributed by atoms with Gasteiger partial charge in [0.05, 0.1) is 10.6 Å². The molecule has 0 radical (unpaired) electrons. The van der Waals surface area contributed by atoms with Gasteiger partial charge in [-0.2, -0.15) is 0 Å². The third-order valence-electron chi connectivity index (χ3n) is 1.30. The fourth-order valence-corrected chi connectivity index (χ4v) is 1.47. The Balaban J connectivity index is 2.90. The highest BCUT2D eigenvalue weighted by molar-refractivity contribution is 9.09. The summed E-state index contributed by atoms with van der Waals surface area (Å²) >= 11 is 8.80. The van der Waals surface area contributed by atoms with Gasteiger partial charge in [-0.1, -0.05) is 18.5 Å². The first-order valence-corrected chi connectivity index (χ1v) is 4.19. The maximum atomic E-state index is 10.8. The van der Waals surface area contributed by atoms with E-state index in [0.717, 1.165) is 0 Å². The zero-order valence-electron chi connectivity index (χ0n) is 5.36. The summed E-state index contributed by atoms with van der Waals surface area (Å²) in [5.74, 6) is -0.311. The number of cyclic esters (lactones) is 1. The summed E-state index contributed by atoms with van der Waals surface area (Å²) in [6, 6.07) is 0. The zero-order valence-corrected chi connectivity index (χ0v) is 7.70. The topological polar surface area (TPSA) is 26.3 Å². The molecule has 0 saturated heterocycles. The molecule has 0 N–H and O–H groups in total. The average Bonchev–Trinajstić information content (AvgIpc) is 2.09. The van der Waals surface area contributed by atoms with E-state index in [1.807, 2.05) is 6.92 Å².